The molecule has 8 heteroatoms. The van der Waals surface area contributed by atoms with E-state index in [0.717, 1.165) is 11.6 Å². The summed E-state index contributed by atoms with van der Waals surface area (Å²) in [5, 5.41) is 0. The van der Waals surface area contributed by atoms with Crippen molar-refractivity contribution in [3.63, 3.8) is 0 Å². The van der Waals surface area contributed by atoms with E-state index in [0.29, 0.717) is 18.0 Å². The highest BCUT2D eigenvalue weighted by atomic mass is 32.2. The van der Waals surface area contributed by atoms with Crippen molar-refractivity contribution >= 4 is 10.0 Å². The lowest BCUT2D eigenvalue weighted by atomic mass is 10.1. The molecule has 140 valence electrons. The minimum atomic E-state index is -3.90. The second-order valence-corrected chi connectivity index (χ2v) is 7.38. The Balaban J connectivity index is 1.75. The molecule has 1 N–H and O–H groups in total. The largest absolute Gasteiger partial charge is 0.491 e. The predicted molar refractivity (Wildman–Crippen MR) is 99.1 cm³/mol. The van der Waals surface area contributed by atoms with Crippen LogP contribution in [0.1, 0.15) is 12.6 Å². The quantitative estimate of drug-likeness (QED) is 0.673. The molecule has 3 aromatic rings. The Morgan fingerprint density at radius 3 is 2.56 bits per heavy atom. The molecule has 0 aliphatic heterocycles. The fourth-order valence-electron chi connectivity index (χ4n) is 2.43. The van der Waals surface area contributed by atoms with Gasteiger partial charge in [0.1, 0.15) is 6.33 Å². The maximum absolute atomic E-state index is 13.9. The lowest BCUT2D eigenvalue weighted by Gasteiger charge is -2.09. The van der Waals surface area contributed by atoms with Crippen LogP contribution in [0.15, 0.2) is 65.8 Å². The van der Waals surface area contributed by atoms with E-state index >= 15 is 0 Å². The first-order chi connectivity index (χ1) is 13.0. The summed E-state index contributed by atoms with van der Waals surface area (Å²) in [7, 11) is -3.90. The normalized spacial score (nSPS) is 11.3. The van der Waals surface area contributed by atoms with Crippen molar-refractivity contribution in [2.45, 2.75) is 18.4 Å². The van der Waals surface area contributed by atoms with Crippen LogP contribution in [0.4, 0.5) is 4.39 Å². The third-order valence-corrected chi connectivity index (χ3v) is 5.15. The fourth-order valence-corrected chi connectivity index (χ4v) is 3.44. The Hall–Kier alpha value is -2.84. The highest BCUT2D eigenvalue weighted by Crippen LogP contribution is 2.21. The molecular formula is C19H18FN3O3S. The Morgan fingerprint density at radius 2 is 1.85 bits per heavy atom. The number of sulfonamides is 1. The molecule has 0 fully saturated rings. The van der Waals surface area contributed by atoms with Crippen molar-refractivity contribution in [1.82, 2.24) is 14.7 Å². The number of nitrogens with one attached hydrogen (secondary N) is 1. The molecule has 3 rings (SSSR count). The highest BCUT2D eigenvalue weighted by Gasteiger charge is 2.17. The first kappa shape index (κ1) is 18.9. The number of aromatic nitrogens is 2. The van der Waals surface area contributed by atoms with Crippen LogP contribution in [0.5, 0.6) is 5.75 Å². The van der Waals surface area contributed by atoms with Gasteiger partial charge >= 0.3 is 0 Å². The summed E-state index contributed by atoms with van der Waals surface area (Å²) in [5.74, 6) is -0.715. The molecule has 0 radical (unpaired) electrons. The Labute approximate surface area is 157 Å². The SMILES string of the molecule is CCOc1ccc(S(=O)(=O)NCc2cc(-c3ccccc3)ncn2)cc1F. The molecule has 0 amide bonds. The van der Waals surface area contributed by atoms with Crippen molar-refractivity contribution in [2.24, 2.45) is 0 Å². The summed E-state index contributed by atoms with van der Waals surface area (Å²) in [5.41, 5.74) is 2.09. The van der Waals surface area contributed by atoms with Gasteiger partial charge in [-0.3, -0.25) is 0 Å². The van der Waals surface area contributed by atoms with Crippen LogP contribution in [0.3, 0.4) is 0 Å². The first-order valence-corrected chi connectivity index (χ1v) is 9.76. The number of ether oxygens (including phenoxy) is 1. The van der Waals surface area contributed by atoms with Crippen LogP contribution in [0, 0.1) is 5.82 Å². The topological polar surface area (TPSA) is 81.2 Å². The molecule has 1 heterocycles. The second kappa shape index (κ2) is 8.24. The molecule has 0 spiro atoms. The highest BCUT2D eigenvalue weighted by molar-refractivity contribution is 7.89. The summed E-state index contributed by atoms with van der Waals surface area (Å²) in [6, 6.07) is 14.7. The predicted octanol–water partition coefficient (Wildman–Crippen LogP) is 3.16. The number of halogens is 1. The van der Waals surface area contributed by atoms with Gasteiger partial charge in [-0.2, -0.15) is 0 Å². The molecule has 2 aromatic carbocycles. The minimum absolute atomic E-state index is 0.0137. The smallest absolute Gasteiger partial charge is 0.241 e. The van der Waals surface area contributed by atoms with Crippen molar-refractivity contribution in [1.29, 1.82) is 0 Å². The average molecular weight is 387 g/mol. The summed E-state index contributed by atoms with van der Waals surface area (Å²) in [6.45, 7) is 1.97. The fraction of sp³-hybridized carbons (Fsp3) is 0.158. The van der Waals surface area contributed by atoms with Crippen LogP contribution >= 0.6 is 0 Å². The second-order valence-electron chi connectivity index (χ2n) is 5.61. The number of rotatable bonds is 7. The van der Waals surface area contributed by atoms with Crippen LogP contribution in [0.2, 0.25) is 0 Å². The van der Waals surface area contributed by atoms with Crippen LogP contribution in [0.25, 0.3) is 11.3 Å². The van der Waals surface area contributed by atoms with Gasteiger partial charge in [0.05, 0.1) is 29.4 Å². The Kier molecular flexibility index (Phi) is 5.78. The number of benzene rings is 2. The minimum Gasteiger partial charge on any atom is -0.491 e. The van der Waals surface area contributed by atoms with E-state index in [2.05, 4.69) is 14.7 Å². The number of nitrogens with zero attached hydrogens (tertiary/aromatic N) is 2. The van der Waals surface area contributed by atoms with E-state index < -0.39 is 15.8 Å². The molecule has 6 nitrogen and oxygen atoms in total. The first-order valence-electron chi connectivity index (χ1n) is 8.28. The van der Waals surface area contributed by atoms with Gasteiger partial charge < -0.3 is 4.74 Å². The molecular weight excluding hydrogens is 369 g/mol. The van der Waals surface area contributed by atoms with E-state index in [1.807, 2.05) is 30.3 Å². The lowest BCUT2D eigenvalue weighted by molar-refractivity contribution is 0.321. The van der Waals surface area contributed by atoms with Crippen molar-refractivity contribution in [3.8, 4) is 17.0 Å². The average Bonchev–Trinajstić information content (AvgIpc) is 2.69. The van der Waals surface area contributed by atoms with Crippen LogP contribution in [-0.4, -0.2) is 25.0 Å². The van der Waals surface area contributed by atoms with E-state index in [9.17, 15) is 12.8 Å². The van der Waals surface area contributed by atoms with E-state index in [1.165, 1.54) is 18.5 Å². The van der Waals surface area contributed by atoms with Gasteiger partial charge in [-0.15, -0.1) is 0 Å². The molecule has 0 bridgehead atoms. The van der Waals surface area contributed by atoms with Crippen molar-refractivity contribution < 1.29 is 17.5 Å². The standard InChI is InChI=1S/C19H18FN3O3S/c1-2-26-19-9-8-16(11-17(19)20)27(24,25)23-12-15-10-18(22-13-21-15)14-6-4-3-5-7-14/h3-11,13,23H,2,12H2,1H3. The van der Waals surface area contributed by atoms with E-state index in [-0.39, 0.29) is 17.2 Å². The van der Waals surface area contributed by atoms with Gasteiger partial charge in [-0.1, -0.05) is 30.3 Å². The number of hydrogen-bond acceptors (Lipinski definition) is 5. The summed E-state index contributed by atoms with van der Waals surface area (Å²) in [6.07, 6.45) is 1.38. The lowest BCUT2D eigenvalue weighted by Crippen LogP contribution is -2.24. The van der Waals surface area contributed by atoms with Crippen molar-refractivity contribution in [2.75, 3.05) is 6.61 Å². The molecule has 0 saturated heterocycles. The molecule has 0 unspecified atom stereocenters. The van der Waals surface area contributed by atoms with Gasteiger partial charge in [-0.25, -0.2) is 27.5 Å². The van der Waals surface area contributed by atoms with Gasteiger partial charge in [0.25, 0.3) is 0 Å². The molecule has 0 atom stereocenters. The van der Waals surface area contributed by atoms with Crippen LogP contribution < -0.4 is 9.46 Å². The molecule has 0 aliphatic carbocycles. The maximum atomic E-state index is 13.9. The number of hydrogen-bond donors (Lipinski definition) is 1. The molecule has 0 aliphatic rings. The van der Waals surface area contributed by atoms with Gasteiger partial charge in [0.15, 0.2) is 11.6 Å². The zero-order valence-electron chi connectivity index (χ0n) is 14.6. The maximum Gasteiger partial charge on any atom is 0.241 e. The van der Waals surface area contributed by atoms with E-state index in [4.69, 9.17) is 4.74 Å². The monoisotopic (exact) mass is 387 g/mol. The summed E-state index contributed by atoms with van der Waals surface area (Å²) in [4.78, 5) is 8.10. The third kappa shape index (κ3) is 4.66. The third-order valence-electron chi connectivity index (χ3n) is 3.75. The summed E-state index contributed by atoms with van der Waals surface area (Å²) >= 11 is 0. The molecule has 27 heavy (non-hydrogen) atoms. The Bertz CT molecular complexity index is 1030. The summed E-state index contributed by atoms with van der Waals surface area (Å²) < 4.78 is 46.3. The zero-order chi connectivity index (χ0) is 19.3. The van der Waals surface area contributed by atoms with Gasteiger partial charge in [0, 0.05) is 5.56 Å². The van der Waals surface area contributed by atoms with Crippen molar-refractivity contribution in [3.05, 3.63) is 72.4 Å². The Morgan fingerprint density at radius 1 is 1.07 bits per heavy atom. The molecule has 1 aromatic heterocycles. The van der Waals surface area contributed by atoms with Gasteiger partial charge in [0.2, 0.25) is 10.0 Å². The van der Waals surface area contributed by atoms with Crippen LogP contribution in [-0.2, 0) is 16.6 Å². The molecule has 0 saturated carbocycles. The zero-order valence-corrected chi connectivity index (χ0v) is 15.4. The van der Waals surface area contributed by atoms with E-state index in [1.54, 1.807) is 13.0 Å². The van der Waals surface area contributed by atoms with Gasteiger partial charge in [-0.05, 0) is 31.2 Å².